The van der Waals surface area contributed by atoms with Gasteiger partial charge in [-0.3, -0.25) is 9.59 Å². The Balaban J connectivity index is 1.65. The summed E-state index contributed by atoms with van der Waals surface area (Å²) < 4.78 is 0.900. The third-order valence-corrected chi connectivity index (χ3v) is 4.60. The molecule has 0 fully saturated rings. The van der Waals surface area contributed by atoms with E-state index in [-0.39, 0.29) is 11.8 Å². The largest absolute Gasteiger partial charge is 0.352 e. The van der Waals surface area contributed by atoms with Crippen LogP contribution in [0.3, 0.4) is 0 Å². The van der Waals surface area contributed by atoms with E-state index in [1.165, 1.54) is 0 Å². The summed E-state index contributed by atoms with van der Waals surface area (Å²) in [6, 6.07) is 24.0. The second-order valence-corrected chi connectivity index (χ2v) is 6.91. The van der Waals surface area contributed by atoms with Crippen molar-refractivity contribution in [3.8, 4) is 0 Å². The summed E-state index contributed by atoms with van der Waals surface area (Å²) in [6.07, 6.45) is 0.750. The number of hydrogen-bond acceptors (Lipinski definition) is 2. The molecule has 0 heterocycles. The first-order chi connectivity index (χ1) is 13.1. The average molecular weight is 423 g/mol. The Morgan fingerprint density at radius 2 is 1.44 bits per heavy atom. The van der Waals surface area contributed by atoms with Crippen LogP contribution in [0.15, 0.2) is 83.3 Å². The highest BCUT2D eigenvalue weighted by molar-refractivity contribution is 9.10. The summed E-state index contributed by atoms with van der Waals surface area (Å²) in [5.74, 6) is -0.468. The lowest BCUT2D eigenvalue weighted by Gasteiger charge is -2.12. The van der Waals surface area contributed by atoms with E-state index in [0.29, 0.717) is 23.4 Å². The number of rotatable bonds is 6. The summed E-state index contributed by atoms with van der Waals surface area (Å²) in [5, 5.41) is 5.73. The van der Waals surface area contributed by atoms with Crippen LogP contribution in [0.5, 0.6) is 0 Å². The minimum Gasteiger partial charge on any atom is -0.352 e. The number of hydrogen-bond donors (Lipinski definition) is 2. The van der Waals surface area contributed by atoms with Crippen LogP contribution >= 0.6 is 15.9 Å². The van der Waals surface area contributed by atoms with Crippen LogP contribution in [0.1, 0.15) is 26.3 Å². The SMILES string of the molecule is O=C(Nc1ccccc1C(=O)NCCc1ccccc1)c1ccc(Br)cc1. The number of anilines is 1. The number of amides is 2. The Morgan fingerprint density at radius 3 is 2.19 bits per heavy atom. The fraction of sp³-hybridized carbons (Fsp3) is 0.0909. The van der Waals surface area contributed by atoms with E-state index in [1.54, 1.807) is 48.5 Å². The van der Waals surface area contributed by atoms with E-state index in [2.05, 4.69) is 26.6 Å². The zero-order valence-electron chi connectivity index (χ0n) is 14.6. The Kier molecular flexibility index (Phi) is 6.39. The number of halogens is 1. The van der Waals surface area contributed by atoms with Gasteiger partial charge in [-0.1, -0.05) is 58.4 Å². The molecule has 3 rings (SSSR count). The van der Waals surface area contributed by atoms with Crippen LogP contribution in [0.4, 0.5) is 5.69 Å². The minimum absolute atomic E-state index is 0.211. The molecule has 136 valence electrons. The number of para-hydroxylation sites is 1. The quantitative estimate of drug-likeness (QED) is 0.605. The Morgan fingerprint density at radius 1 is 0.778 bits per heavy atom. The summed E-state index contributed by atoms with van der Waals surface area (Å²) in [5.41, 5.74) is 2.62. The van der Waals surface area contributed by atoms with Gasteiger partial charge in [0.05, 0.1) is 11.3 Å². The van der Waals surface area contributed by atoms with E-state index in [4.69, 9.17) is 0 Å². The molecule has 0 bridgehead atoms. The third kappa shape index (κ3) is 5.28. The molecule has 0 radical (unpaired) electrons. The molecule has 4 nitrogen and oxygen atoms in total. The van der Waals surface area contributed by atoms with E-state index < -0.39 is 0 Å². The highest BCUT2D eigenvalue weighted by Crippen LogP contribution is 2.17. The number of carbonyl (C=O) groups is 2. The predicted molar refractivity (Wildman–Crippen MR) is 111 cm³/mol. The van der Waals surface area contributed by atoms with E-state index in [0.717, 1.165) is 16.5 Å². The van der Waals surface area contributed by atoms with Crippen molar-refractivity contribution < 1.29 is 9.59 Å². The molecule has 27 heavy (non-hydrogen) atoms. The third-order valence-electron chi connectivity index (χ3n) is 4.07. The van der Waals surface area contributed by atoms with Gasteiger partial charge in [0.1, 0.15) is 0 Å². The van der Waals surface area contributed by atoms with Crippen LogP contribution in [0.2, 0.25) is 0 Å². The van der Waals surface area contributed by atoms with E-state index >= 15 is 0 Å². The predicted octanol–water partition coefficient (Wildman–Crippen LogP) is 4.67. The zero-order chi connectivity index (χ0) is 19.1. The molecule has 5 heteroatoms. The molecule has 0 atom stereocenters. The molecule has 2 amide bonds. The maximum absolute atomic E-state index is 12.5. The van der Waals surface area contributed by atoms with Gasteiger partial charge in [-0.05, 0) is 48.4 Å². The van der Waals surface area contributed by atoms with Crippen molar-refractivity contribution >= 4 is 33.4 Å². The first-order valence-corrected chi connectivity index (χ1v) is 9.41. The standard InChI is InChI=1S/C22H19BrN2O2/c23-18-12-10-17(11-13-18)21(26)25-20-9-5-4-8-19(20)22(27)24-15-14-16-6-2-1-3-7-16/h1-13H,14-15H2,(H,24,27)(H,25,26). The Bertz CT molecular complexity index is 925. The molecule has 0 aromatic heterocycles. The van der Waals surface area contributed by atoms with Crippen molar-refractivity contribution in [1.82, 2.24) is 5.32 Å². The van der Waals surface area contributed by atoms with Gasteiger partial charge in [0, 0.05) is 16.6 Å². The first kappa shape index (κ1) is 18.9. The van der Waals surface area contributed by atoms with Gasteiger partial charge in [0.15, 0.2) is 0 Å². The molecule has 3 aromatic carbocycles. The second kappa shape index (κ2) is 9.14. The van der Waals surface area contributed by atoms with Crippen molar-refractivity contribution in [2.24, 2.45) is 0 Å². The second-order valence-electron chi connectivity index (χ2n) is 6.00. The fourth-order valence-corrected chi connectivity index (χ4v) is 2.91. The molecule has 3 aromatic rings. The van der Waals surface area contributed by atoms with Gasteiger partial charge in [-0.25, -0.2) is 0 Å². The normalized spacial score (nSPS) is 10.3. The van der Waals surface area contributed by atoms with Gasteiger partial charge in [0.2, 0.25) is 0 Å². The van der Waals surface area contributed by atoms with Gasteiger partial charge >= 0.3 is 0 Å². The van der Waals surface area contributed by atoms with Gasteiger partial charge < -0.3 is 10.6 Å². The lowest BCUT2D eigenvalue weighted by Crippen LogP contribution is -2.27. The monoisotopic (exact) mass is 422 g/mol. The van der Waals surface area contributed by atoms with Crippen LogP contribution in [0, 0.1) is 0 Å². The van der Waals surface area contributed by atoms with Crippen LogP contribution < -0.4 is 10.6 Å². The average Bonchev–Trinajstić information content (AvgIpc) is 2.69. The molecule has 2 N–H and O–H groups in total. The highest BCUT2D eigenvalue weighted by Gasteiger charge is 2.13. The minimum atomic E-state index is -0.257. The lowest BCUT2D eigenvalue weighted by atomic mass is 10.1. The smallest absolute Gasteiger partial charge is 0.255 e. The summed E-state index contributed by atoms with van der Waals surface area (Å²) in [7, 11) is 0. The molecule has 0 unspecified atom stereocenters. The Hall–Kier alpha value is -2.92. The zero-order valence-corrected chi connectivity index (χ0v) is 16.2. The lowest BCUT2D eigenvalue weighted by molar-refractivity contribution is 0.0955. The van der Waals surface area contributed by atoms with Gasteiger partial charge in [-0.15, -0.1) is 0 Å². The van der Waals surface area contributed by atoms with Crippen molar-refractivity contribution in [2.75, 3.05) is 11.9 Å². The van der Waals surface area contributed by atoms with Crippen molar-refractivity contribution in [3.63, 3.8) is 0 Å². The number of carbonyl (C=O) groups excluding carboxylic acids is 2. The van der Waals surface area contributed by atoms with Crippen LogP contribution in [0.25, 0.3) is 0 Å². The molecule has 0 saturated carbocycles. The van der Waals surface area contributed by atoms with Crippen LogP contribution in [-0.4, -0.2) is 18.4 Å². The van der Waals surface area contributed by atoms with E-state index in [1.807, 2.05) is 30.3 Å². The molecule has 0 aliphatic heterocycles. The van der Waals surface area contributed by atoms with Gasteiger partial charge in [-0.2, -0.15) is 0 Å². The maximum Gasteiger partial charge on any atom is 0.255 e. The molecular weight excluding hydrogens is 404 g/mol. The molecule has 0 saturated heterocycles. The van der Waals surface area contributed by atoms with Crippen molar-refractivity contribution in [2.45, 2.75) is 6.42 Å². The van der Waals surface area contributed by atoms with E-state index in [9.17, 15) is 9.59 Å². The van der Waals surface area contributed by atoms with Crippen LogP contribution in [-0.2, 0) is 6.42 Å². The topological polar surface area (TPSA) is 58.2 Å². The fourth-order valence-electron chi connectivity index (χ4n) is 2.65. The molecule has 0 aliphatic rings. The number of nitrogens with one attached hydrogen (secondary N) is 2. The Labute approximate surface area is 166 Å². The van der Waals surface area contributed by atoms with Crippen molar-refractivity contribution in [3.05, 3.63) is 100 Å². The highest BCUT2D eigenvalue weighted by atomic mass is 79.9. The summed E-state index contributed by atoms with van der Waals surface area (Å²) in [4.78, 5) is 25.0. The molecule has 0 spiro atoms. The summed E-state index contributed by atoms with van der Waals surface area (Å²) in [6.45, 7) is 0.526. The maximum atomic E-state index is 12.5. The summed E-state index contributed by atoms with van der Waals surface area (Å²) >= 11 is 3.35. The van der Waals surface area contributed by atoms with Crippen molar-refractivity contribution in [1.29, 1.82) is 0 Å². The molecular formula is C22H19BrN2O2. The van der Waals surface area contributed by atoms with Gasteiger partial charge in [0.25, 0.3) is 11.8 Å². The first-order valence-electron chi connectivity index (χ1n) is 8.61. The molecule has 0 aliphatic carbocycles. The number of benzene rings is 3.